The van der Waals surface area contributed by atoms with Crippen LogP contribution in [0.25, 0.3) is 0 Å². The zero-order valence-electron chi connectivity index (χ0n) is 10.3. The van der Waals surface area contributed by atoms with Crippen LogP contribution in [-0.4, -0.2) is 24.9 Å². The van der Waals surface area contributed by atoms with E-state index in [1.165, 1.54) is 43.7 Å². The molecule has 3 aliphatic heterocycles. The van der Waals surface area contributed by atoms with E-state index in [1.54, 1.807) is 17.0 Å². The number of hydrogen-bond acceptors (Lipinski definition) is 3. The standard InChI is InChI=1S/C14H16N2OS/c15-9-12-1-2-14(18-12)13(17)8-11-7-10-3-5-16(11)6-4-10/h1-2,10-11H,3-8H2/p+1. The monoisotopic (exact) mass is 261 g/mol. The zero-order valence-corrected chi connectivity index (χ0v) is 11.1. The Bertz CT molecular complexity index is 494. The van der Waals surface area contributed by atoms with Gasteiger partial charge in [0.1, 0.15) is 10.9 Å². The minimum Gasteiger partial charge on any atom is -0.332 e. The molecule has 3 saturated heterocycles. The molecule has 0 aliphatic carbocycles. The number of nitrogens with one attached hydrogen (secondary N) is 1. The average molecular weight is 261 g/mol. The minimum absolute atomic E-state index is 0.228. The van der Waals surface area contributed by atoms with Crippen LogP contribution in [0.4, 0.5) is 0 Å². The molecule has 2 bridgehead atoms. The van der Waals surface area contributed by atoms with Gasteiger partial charge in [-0.15, -0.1) is 11.3 Å². The Kier molecular flexibility index (Phi) is 3.19. The number of ketones is 1. The Morgan fingerprint density at radius 1 is 1.44 bits per heavy atom. The SMILES string of the molecule is N#Cc1ccc(C(=O)CC2CC3CC[NH+]2CC3)s1. The normalized spacial score (nSPS) is 30.1. The summed E-state index contributed by atoms with van der Waals surface area (Å²) in [6.07, 6.45) is 4.57. The lowest BCUT2D eigenvalue weighted by molar-refractivity contribution is -0.941. The quantitative estimate of drug-likeness (QED) is 0.833. The molecule has 1 unspecified atom stereocenters. The average Bonchev–Trinajstić information content (AvgIpc) is 2.89. The first-order valence-corrected chi connectivity index (χ1v) is 7.45. The van der Waals surface area contributed by atoms with Crippen LogP contribution < -0.4 is 4.90 Å². The maximum absolute atomic E-state index is 12.2. The lowest BCUT2D eigenvalue weighted by atomic mass is 9.81. The van der Waals surface area contributed by atoms with E-state index in [9.17, 15) is 4.79 Å². The van der Waals surface area contributed by atoms with E-state index in [4.69, 9.17) is 5.26 Å². The van der Waals surface area contributed by atoms with E-state index in [2.05, 4.69) is 6.07 Å². The first-order valence-electron chi connectivity index (χ1n) is 6.64. The Balaban J connectivity index is 1.66. The second-order valence-electron chi connectivity index (χ2n) is 5.44. The maximum atomic E-state index is 12.2. The summed E-state index contributed by atoms with van der Waals surface area (Å²) < 4.78 is 0. The number of piperidine rings is 3. The van der Waals surface area contributed by atoms with Gasteiger partial charge in [0.05, 0.1) is 30.4 Å². The molecule has 0 spiro atoms. The second-order valence-corrected chi connectivity index (χ2v) is 6.52. The van der Waals surface area contributed by atoms with Gasteiger partial charge in [0.15, 0.2) is 5.78 Å². The molecule has 3 aliphatic rings. The molecule has 1 N–H and O–H groups in total. The Hall–Kier alpha value is -1.18. The highest BCUT2D eigenvalue weighted by Crippen LogP contribution is 2.24. The van der Waals surface area contributed by atoms with E-state index in [0.29, 0.717) is 17.3 Å². The molecular formula is C14H17N2OS+. The van der Waals surface area contributed by atoms with Gasteiger partial charge in [0.25, 0.3) is 0 Å². The second kappa shape index (κ2) is 4.83. The highest BCUT2D eigenvalue weighted by Gasteiger charge is 2.38. The molecule has 18 heavy (non-hydrogen) atoms. The van der Waals surface area contributed by atoms with Crippen LogP contribution in [0.3, 0.4) is 0 Å². The van der Waals surface area contributed by atoms with Crippen LogP contribution in [0.15, 0.2) is 12.1 Å². The third-order valence-electron chi connectivity index (χ3n) is 4.37. The number of Topliss-reactive ketones (excluding diaryl/α,β-unsaturated/α-hetero) is 1. The summed E-state index contributed by atoms with van der Waals surface area (Å²) in [6.45, 7) is 2.49. The van der Waals surface area contributed by atoms with E-state index in [1.807, 2.05) is 0 Å². The molecule has 4 heterocycles. The molecule has 3 fully saturated rings. The molecule has 3 nitrogen and oxygen atoms in total. The summed E-state index contributed by atoms with van der Waals surface area (Å²) in [4.78, 5) is 15.2. The summed E-state index contributed by atoms with van der Waals surface area (Å²) in [5, 5.41) is 8.79. The summed E-state index contributed by atoms with van der Waals surface area (Å²) in [6, 6.07) is 6.17. The number of quaternary nitrogens is 1. The number of carbonyl (C=O) groups is 1. The van der Waals surface area contributed by atoms with Crippen molar-refractivity contribution >= 4 is 17.1 Å². The molecule has 1 aromatic rings. The Morgan fingerprint density at radius 2 is 2.22 bits per heavy atom. The van der Waals surface area contributed by atoms with Crippen molar-refractivity contribution in [3.63, 3.8) is 0 Å². The van der Waals surface area contributed by atoms with Crippen molar-refractivity contribution in [1.29, 1.82) is 5.26 Å². The van der Waals surface area contributed by atoms with Gasteiger partial charge in [-0.3, -0.25) is 4.79 Å². The van der Waals surface area contributed by atoms with Crippen molar-refractivity contribution in [2.45, 2.75) is 31.7 Å². The maximum Gasteiger partial charge on any atom is 0.178 e. The fraction of sp³-hybridized carbons (Fsp3) is 0.571. The van der Waals surface area contributed by atoms with Crippen molar-refractivity contribution in [3.05, 3.63) is 21.9 Å². The third kappa shape index (κ3) is 2.21. The van der Waals surface area contributed by atoms with Gasteiger partial charge < -0.3 is 4.90 Å². The zero-order chi connectivity index (χ0) is 12.5. The van der Waals surface area contributed by atoms with Crippen molar-refractivity contribution in [2.75, 3.05) is 13.1 Å². The van der Waals surface area contributed by atoms with Crippen LogP contribution in [-0.2, 0) is 0 Å². The number of rotatable bonds is 3. The summed E-state index contributed by atoms with van der Waals surface area (Å²) >= 11 is 1.33. The van der Waals surface area contributed by atoms with Crippen LogP contribution in [0.2, 0.25) is 0 Å². The fourth-order valence-electron chi connectivity index (χ4n) is 3.36. The van der Waals surface area contributed by atoms with Crippen LogP contribution in [0.1, 0.15) is 40.2 Å². The molecule has 0 saturated carbocycles. The molecule has 0 aromatic carbocycles. The van der Waals surface area contributed by atoms with Crippen molar-refractivity contribution in [3.8, 4) is 6.07 Å². The smallest absolute Gasteiger partial charge is 0.178 e. The summed E-state index contributed by atoms with van der Waals surface area (Å²) in [7, 11) is 0. The Morgan fingerprint density at radius 3 is 2.78 bits per heavy atom. The first-order chi connectivity index (χ1) is 8.76. The van der Waals surface area contributed by atoms with E-state index < -0.39 is 0 Å². The molecule has 1 aromatic heterocycles. The predicted octanol–water partition coefficient (Wildman–Crippen LogP) is 1.26. The lowest BCUT2D eigenvalue weighted by Crippen LogP contribution is -3.18. The minimum atomic E-state index is 0.228. The topological polar surface area (TPSA) is 45.3 Å². The van der Waals surface area contributed by atoms with Crippen molar-refractivity contribution in [2.24, 2.45) is 5.92 Å². The number of nitrogens with zero attached hydrogens (tertiary/aromatic N) is 1. The van der Waals surface area contributed by atoms with Gasteiger partial charge in [-0.1, -0.05) is 0 Å². The van der Waals surface area contributed by atoms with Gasteiger partial charge in [-0.25, -0.2) is 0 Å². The highest BCUT2D eigenvalue weighted by atomic mass is 32.1. The lowest BCUT2D eigenvalue weighted by Gasteiger charge is -2.42. The molecule has 0 radical (unpaired) electrons. The van der Waals surface area contributed by atoms with E-state index in [0.717, 1.165) is 10.8 Å². The van der Waals surface area contributed by atoms with Crippen LogP contribution in [0.5, 0.6) is 0 Å². The molecule has 94 valence electrons. The van der Waals surface area contributed by atoms with Gasteiger partial charge in [-0.2, -0.15) is 5.26 Å². The van der Waals surface area contributed by atoms with Gasteiger partial charge in [0, 0.05) is 6.42 Å². The molecule has 0 amide bonds. The summed E-state index contributed by atoms with van der Waals surface area (Å²) in [5.41, 5.74) is 0. The molecule has 4 rings (SSSR count). The molecule has 1 atom stereocenters. The van der Waals surface area contributed by atoms with Gasteiger partial charge in [0.2, 0.25) is 0 Å². The number of carbonyl (C=O) groups excluding carboxylic acids is 1. The Labute approximate surface area is 111 Å². The number of hydrogen-bond donors (Lipinski definition) is 1. The number of fused-ring (bicyclic) bond motifs is 3. The number of nitriles is 1. The molecule has 4 heteroatoms. The van der Waals surface area contributed by atoms with Crippen molar-refractivity contribution in [1.82, 2.24) is 0 Å². The highest BCUT2D eigenvalue weighted by molar-refractivity contribution is 7.14. The summed E-state index contributed by atoms with van der Waals surface area (Å²) in [5.74, 6) is 1.09. The first kappa shape index (κ1) is 11.9. The predicted molar refractivity (Wildman–Crippen MR) is 69.8 cm³/mol. The van der Waals surface area contributed by atoms with Gasteiger partial charge in [-0.05, 0) is 30.9 Å². The van der Waals surface area contributed by atoms with Crippen molar-refractivity contribution < 1.29 is 9.69 Å². The third-order valence-corrected chi connectivity index (χ3v) is 5.40. The van der Waals surface area contributed by atoms with Crippen LogP contribution >= 0.6 is 11.3 Å². The molecular weight excluding hydrogens is 244 g/mol. The van der Waals surface area contributed by atoms with Gasteiger partial charge >= 0.3 is 0 Å². The fourth-order valence-corrected chi connectivity index (χ4v) is 4.11. The van der Waals surface area contributed by atoms with Crippen LogP contribution in [0, 0.1) is 17.2 Å². The largest absolute Gasteiger partial charge is 0.332 e. The number of thiophene rings is 1. The van der Waals surface area contributed by atoms with E-state index >= 15 is 0 Å². The van der Waals surface area contributed by atoms with E-state index in [-0.39, 0.29) is 5.78 Å².